The van der Waals surface area contributed by atoms with Crippen LogP contribution >= 0.6 is 0 Å². The fourth-order valence-corrected chi connectivity index (χ4v) is 9.52. The second-order valence-corrected chi connectivity index (χ2v) is 13.4. The van der Waals surface area contributed by atoms with Crippen molar-refractivity contribution >= 4 is 18.7 Å². The number of rotatable bonds is 7. The van der Waals surface area contributed by atoms with Crippen molar-refractivity contribution in [1.82, 2.24) is 0 Å². The lowest BCUT2D eigenvalue weighted by atomic mass is 9.93. The molecule has 1 fully saturated rings. The molecule has 1 saturated carbocycles. The number of hydrogen-bond donors (Lipinski definition) is 2. The minimum atomic E-state index is -2.54. The van der Waals surface area contributed by atoms with Crippen molar-refractivity contribution in [3.05, 3.63) is 60.7 Å². The van der Waals surface area contributed by atoms with Gasteiger partial charge in [-0.2, -0.15) is 0 Å². The lowest BCUT2D eigenvalue weighted by molar-refractivity contribution is 0.0813. The molecule has 0 saturated heterocycles. The summed E-state index contributed by atoms with van der Waals surface area (Å²) in [7, 11) is -2.54. The van der Waals surface area contributed by atoms with E-state index in [1.54, 1.807) is 0 Å². The summed E-state index contributed by atoms with van der Waals surface area (Å²) in [6.07, 6.45) is 2.10. The molecule has 1 aliphatic rings. The van der Waals surface area contributed by atoms with Crippen LogP contribution < -0.4 is 10.4 Å². The summed E-state index contributed by atoms with van der Waals surface area (Å²) in [6, 6.07) is 21.3. The predicted octanol–water partition coefficient (Wildman–Crippen LogP) is 3.33. The van der Waals surface area contributed by atoms with E-state index in [4.69, 9.17) is 4.43 Å². The molecule has 1 aliphatic carbocycles. The molecule has 3 rings (SSSR count). The summed E-state index contributed by atoms with van der Waals surface area (Å²) in [4.78, 5) is 0. The molecule has 2 aromatic rings. The van der Waals surface area contributed by atoms with Crippen molar-refractivity contribution in [1.29, 1.82) is 0 Å². The molecule has 28 heavy (non-hydrogen) atoms. The normalized spacial score (nSPS) is 23.1. The van der Waals surface area contributed by atoms with Gasteiger partial charge in [0, 0.05) is 13.2 Å². The van der Waals surface area contributed by atoms with Gasteiger partial charge >= 0.3 is 0 Å². The van der Waals surface area contributed by atoms with Gasteiger partial charge in [-0.1, -0.05) is 81.4 Å². The van der Waals surface area contributed by atoms with Crippen LogP contribution in [0.25, 0.3) is 0 Å². The van der Waals surface area contributed by atoms with Crippen LogP contribution in [0.1, 0.15) is 40.0 Å². The van der Waals surface area contributed by atoms with E-state index in [0.29, 0.717) is 18.9 Å². The van der Waals surface area contributed by atoms with Crippen molar-refractivity contribution in [2.75, 3.05) is 13.2 Å². The minimum absolute atomic E-state index is 0.0423. The Bertz CT molecular complexity index is 687. The van der Waals surface area contributed by atoms with Crippen LogP contribution in [-0.4, -0.2) is 37.8 Å². The van der Waals surface area contributed by atoms with E-state index in [1.807, 2.05) is 0 Å². The molecule has 2 aromatic carbocycles. The van der Waals surface area contributed by atoms with Crippen molar-refractivity contribution in [2.24, 2.45) is 11.8 Å². The predicted molar refractivity (Wildman–Crippen MR) is 117 cm³/mol. The zero-order chi connectivity index (χ0) is 20.2. The molecule has 0 bridgehead atoms. The van der Waals surface area contributed by atoms with Gasteiger partial charge < -0.3 is 14.6 Å². The number of aliphatic hydroxyl groups excluding tert-OH is 2. The van der Waals surface area contributed by atoms with Crippen LogP contribution in [-0.2, 0) is 4.43 Å². The Labute approximate surface area is 170 Å². The summed E-state index contributed by atoms with van der Waals surface area (Å²) in [5.41, 5.74) is 0. The highest BCUT2D eigenvalue weighted by Crippen LogP contribution is 2.40. The fourth-order valence-electron chi connectivity index (χ4n) is 4.90. The van der Waals surface area contributed by atoms with Gasteiger partial charge in [-0.3, -0.25) is 0 Å². The van der Waals surface area contributed by atoms with Crippen LogP contribution in [0.3, 0.4) is 0 Å². The maximum absolute atomic E-state index is 10.4. The Morgan fingerprint density at radius 3 is 1.93 bits per heavy atom. The van der Waals surface area contributed by atoms with Gasteiger partial charge in [0.05, 0.1) is 6.10 Å². The lowest BCUT2D eigenvalue weighted by Gasteiger charge is -2.44. The highest BCUT2D eigenvalue weighted by molar-refractivity contribution is 6.99. The van der Waals surface area contributed by atoms with E-state index < -0.39 is 8.32 Å². The average Bonchev–Trinajstić information content (AvgIpc) is 3.03. The van der Waals surface area contributed by atoms with E-state index in [1.165, 1.54) is 10.4 Å². The van der Waals surface area contributed by atoms with Crippen LogP contribution in [0.15, 0.2) is 60.7 Å². The Morgan fingerprint density at radius 2 is 1.46 bits per heavy atom. The monoisotopic (exact) mass is 398 g/mol. The van der Waals surface area contributed by atoms with E-state index in [2.05, 4.69) is 81.4 Å². The first kappa shape index (κ1) is 21.3. The van der Waals surface area contributed by atoms with Crippen molar-refractivity contribution in [2.45, 2.75) is 51.2 Å². The topological polar surface area (TPSA) is 49.7 Å². The minimum Gasteiger partial charge on any atom is -0.407 e. The largest absolute Gasteiger partial charge is 0.407 e. The van der Waals surface area contributed by atoms with E-state index in [-0.39, 0.29) is 23.7 Å². The van der Waals surface area contributed by atoms with Crippen LogP contribution in [0.4, 0.5) is 0 Å². The van der Waals surface area contributed by atoms with Gasteiger partial charge in [0.1, 0.15) is 0 Å². The molecule has 0 spiro atoms. The molecule has 4 heteroatoms. The van der Waals surface area contributed by atoms with Crippen molar-refractivity contribution < 1.29 is 14.6 Å². The number of aliphatic hydroxyl groups is 2. The van der Waals surface area contributed by atoms with E-state index in [9.17, 15) is 10.2 Å². The molecule has 0 heterocycles. The number of benzene rings is 2. The van der Waals surface area contributed by atoms with Crippen LogP contribution in [0, 0.1) is 11.8 Å². The first-order valence-electron chi connectivity index (χ1n) is 10.4. The highest BCUT2D eigenvalue weighted by Gasteiger charge is 2.51. The van der Waals surface area contributed by atoms with Gasteiger partial charge in [0.15, 0.2) is 0 Å². The maximum Gasteiger partial charge on any atom is 0.261 e. The lowest BCUT2D eigenvalue weighted by Crippen LogP contribution is -2.67. The summed E-state index contributed by atoms with van der Waals surface area (Å²) in [5.74, 6) is 0.423. The van der Waals surface area contributed by atoms with Crippen LogP contribution in [0.5, 0.6) is 0 Å². The van der Waals surface area contributed by atoms with E-state index >= 15 is 0 Å². The van der Waals surface area contributed by atoms with Gasteiger partial charge in [-0.05, 0) is 46.5 Å². The Balaban J connectivity index is 1.99. The molecule has 3 atom stereocenters. The quantitative estimate of drug-likeness (QED) is 0.704. The standard InChI is InChI=1S/C24H34O3Si/c1-24(2,3)28(20-10-6-4-7-11-20,21-12-8-5-9-13-21)27-18-19-14-15-23(26)22(19)16-17-25/h4-13,19,22-23,25-26H,14-18H2,1-3H3/t19-,22-,23+/m0/s1. The van der Waals surface area contributed by atoms with Gasteiger partial charge in [-0.15, -0.1) is 0 Å². The summed E-state index contributed by atoms with van der Waals surface area (Å²) >= 11 is 0. The average molecular weight is 399 g/mol. The molecular weight excluding hydrogens is 364 g/mol. The molecule has 0 aromatic heterocycles. The Hall–Kier alpha value is -1.46. The molecule has 2 N–H and O–H groups in total. The third-order valence-electron chi connectivity index (χ3n) is 6.33. The third kappa shape index (κ3) is 4.11. The third-order valence-corrected chi connectivity index (χ3v) is 11.3. The first-order chi connectivity index (χ1) is 13.4. The van der Waals surface area contributed by atoms with E-state index in [0.717, 1.165) is 12.8 Å². The molecular formula is C24H34O3Si. The van der Waals surface area contributed by atoms with Crippen LogP contribution in [0.2, 0.25) is 5.04 Å². The zero-order valence-electron chi connectivity index (χ0n) is 17.3. The fraction of sp³-hybridized carbons (Fsp3) is 0.500. The first-order valence-corrected chi connectivity index (χ1v) is 12.3. The molecule has 0 radical (unpaired) electrons. The smallest absolute Gasteiger partial charge is 0.261 e. The van der Waals surface area contributed by atoms with Gasteiger partial charge in [-0.25, -0.2) is 0 Å². The summed E-state index contributed by atoms with van der Waals surface area (Å²) in [5, 5.41) is 22.3. The van der Waals surface area contributed by atoms with Gasteiger partial charge in [0.25, 0.3) is 8.32 Å². The maximum atomic E-state index is 10.4. The summed E-state index contributed by atoms with van der Waals surface area (Å²) < 4.78 is 7.02. The molecule has 0 unspecified atom stereocenters. The number of hydrogen-bond acceptors (Lipinski definition) is 3. The molecule has 0 aliphatic heterocycles. The van der Waals surface area contributed by atoms with Crippen molar-refractivity contribution in [3.63, 3.8) is 0 Å². The molecule has 0 amide bonds. The second kappa shape index (κ2) is 8.91. The molecule has 152 valence electrons. The molecule has 3 nitrogen and oxygen atoms in total. The Kier molecular flexibility index (Phi) is 6.76. The highest BCUT2D eigenvalue weighted by atomic mass is 28.4. The Morgan fingerprint density at radius 1 is 0.929 bits per heavy atom. The SMILES string of the molecule is CC(C)(C)[Si](OC[C@@H]1CC[C@@H](O)[C@H]1CCO)(c1ccccc1)c1ccccc1. The zero-order valence-corrected chi connectivity index (χ0v) is 18.3. The van der Waals surface area contributed by atoms with Gasteiger partial charge in [0.2, 0.25) is 0 Å². The second-order valence-electron chi connectivity index (χ2n) is 9.06. The summed E-state index contributed by atoms with van der Waals surface area (Å²) in [6.45, 7) is 7.61. The van der Waals surface area contributed by atoms with Crippen molar-refractivity contribution in [3.8, 4) is 0 Å².